The first-order valence-corrected chi connectivity index (χ1v) is 6.89. The molecular weight excluding hydrogens is 282 g/mol. The SMILES string of the molecule is Cc1cc2nnc(C(=O)Nc3c(C)nn(C)c3C)c(C)n2n1. The molecule has 0 saturated carbocycles. The number of nitrogens with zero attached hydrogens (tertiary/aromatic N) is 6. The Kier molecular flexibility index (Phi) is 3.16. The average Bonchev–Trinajstić information content (AvgIpc) is 2.94. The first-order chi connectivity index (χ1) is 10.4. The quantitative estimate of drug-likeness (QED) is 0.771. The maximum atomic E-state index is 12.5. The second-order valence-electron chi connectivity index (χ2n) is 5.31. The van der Waals surface area contributed by atoms with Gasteiger partial charge >= 0.3 is 0 Å². The minimum atomic E-state index is -0.320. The van der Waals surface area contributed by atoms with Crippen molar-refractivity contribution in [3.05, 3.63) is 34.5 Å². The topological polar surface area (TPSA) is 90.0 Å². The Morgan fingerprint density at radius 1 is 1.09 bits per heavy atom. The highest BCUT2D eigenvalue weighted by atomic mass is 16.2. The summed E-state index contributed by atoms with van der Waals surface area (Å²) in [5.74, 6) is -0.320. The van der Waals surface area contributed by atoms with Crippen LogP contribution in [-0.4, -0.2) is 35.5 Å². The monoisotopic (exact) mass is 299 g/mol. The van der Waals surface area contributed by atoms with Crippen LogP contribution in [0.25, 0.3) is 5.65 Å². The van der Waals surface area contributed by atoms with Crippen molar-refractivity contribution in [3.63, 3.8) is 0 Å². The molecule has 0 fully saturated rings. The van der Waals surface area contributed by atoms with Gasteiger partial charge in [-0.1, -0.05) is 0 Å². The molecular formula is C14H17N7O. The molecule has 0 atom stereocenters. The Balaban J connectivity index is 2.00. The number of anilines is 1. The Morgan fingerprint density at radius 2 is 1.82 bits per heavy atom. The van der Waals surface area contributed by atoms with Gasteiger partial charge in [0.05, 0.1) is 28.5 Å². The summed E-state index contributed by atoms with van der Waals surface area (Å²) < 4.78 is 3.35. The Hall–Kier alpha value is -2.77. The summed E-state index contributed by atoms with van der Waals surface area (Å²) in [5, 5.41) is 19.5. The van der Waals surface area contributed by atoms with Gasteiger partial charge in [0.15, 0.2) is 11.3 Å². The van der Waals surface area contributed by atoms with Crippen molar-refractivity contribution in [1.29, 1.82) is 0 Å². The van der Waals surface area contributed by atoms with Crippen molar-refractivity contribution in [2.45, 2.75) is 27.7 Å². The fraction of sp³-hybridized carbons (Fsp3) is 0.357. The number of fused-ring (bicyclic) bond motifs is 1. The maximum Gasteiger partial charge on any atom is 0.278 e. The number of aryl methyl sites for hydroxylation is 4. The minimum Gasteiger partial charge on any atom is -0.317 e. The normalized spacial score (nSPS) is 11.1. The van der Waals surface area contributed by atoms with Crippen LogP contribution in [0, 0.1) is 27.7 Å². The summed E-state index contributed by atoms with van der Waals surface area (Å²) in [7, 11) is 1.83. The highest BCUT2D eigenvalue weighted by Crippen LogP contribution is 2.19. The van der Waals surface area contributed by atoms with E-state index < -0.39 is 0 Å². The molecule has 8 heteroatoms. The van der Waals surface area contributed by atoms with Crippen LogP contribution in [0.1, 0.15) is 33.3 Å². The van der Waals surface area contributed by atoms with E-state index in [1.807, 2.05) is 33.9 Å². The van der Waals surface area contributed by atoms with Gasteiger partial charge in [0.25, 0.3) is 5.91 Å². The second kappa shape index (κ2) is 4.90. The number of amides is 1. The molecule has 8 nitrogen and oxygen atoms in total. The van der Waals surface area contributed by atoms with Gasteiger partial charge in [-0.3, -0.25) is 9.48 Å². The lowest BCUT2D eigenvalue weighted by Crippen LogP contribution is -2.19. The molecule has 3 heterocycles. The van der Waals surface area contributed by atoms with Crippen LogP contribution in [-0.2, 0) is 7.05 Å². The Morgan fingerprint density at radius 3 is 2.45 bits per heavy atom. The van der Waals surface area contributed by atoms with E-state index in [0.29, 0.717) is 17.0 Å². The lowest BCUT2D eigenvalue weighted by molar-refractivity contribution is 0.101. The van der Waals surface area contributed by atoms with Gasteiger partial charge < -0.3 is 5.32 Å². The van der Waals surface area contributed by atoms with Crippen molar-refractivity contribution in [1.82, 2.24) is 29.6 Å². The molecule has 22 heavy (non-hydrogen) atoms. The van der Waals surface area contributed by atoms with Crippen molar-refractivity contribution in [2.75, 3.05) is 5.32 Å². The van der Waals surface area contributed by atoms with Gasteiger partial charge in [0.2, 0.25) is 0 Å². The van der Waals surface area contributed by atoms with Crippen LogP contribution in [0.3, 0.4) is 0 Å². The molecule has 1 N–H and O–H groups in total. The zero-order valence-corrected chi connectivity index (χ0v) is 13.2. The summed E-state index contributed by atoms with van der Waals surface area (Å²) >= 11 is 0. The first kappa shape index (κ1) is 14.2. The third-order valence-electron chi connectivity index (χ3n) is 3.69. The predicted molar refractivity (Wildman–Crippen MR) is 80.9 cm³/mol. The van der Waals surface area contributed by atoms with E-state index in [-0.39, 0.29) is 11.6 Å². The van der Waals surface area contributed by atoms with E-state index in [0.717, 1.165) is 17.1 Å². The molecule has 3 rings (SSSR count). The number of hydrogen-bond donors (Lipinski definition) is 1. The molecule has 0 aromatic carbocycles. The van der Waals surface area contributed by atoms with Crippen LogP contribution in [0.2, 0.25) is 0 Å². The van der Waals surface area contributed by atoms with Gasteiger partial charge in [-0.15, -0.1) is 10.2 Å². The number of nitrogens with one attached hydrogen (secondary N) is 1. The Labute approximate surface area is 127 Å². The number of hydrogen-bond acceptors (Lipinski definition) is 5. The first-order valence-electron chi connectivity index (χ1n) is 6.89. The van der Waals surface area contributed by atoms with E-state index in [4.69, 9.17) is 0 Å². The molecule has 3 aromatic rings. The zero-order chi connectivity index (χ0) is 16.0. The second-order valence-corrected chi connectivity index (χ2v) is 5.31. The molecule has 0 radical (unpaired) electrons. The summed E-state index contributed by atoms with van der Waals surface area (Å²) in [4.78, 5) is 12.5. The van der Waals surface area contributed by atoms with Gasteiger partial charge in [0, 0.05) is 13.1 Å². The smallest absolute Gasteiger partial charge is 0.278 e. The van der Waals surface area contributed by atoms with Crippen LogP contribution in [0.4, 0.5) is 5.69 Å². The fourth-order valence-electron chi connectivity index (χ4n) is 2.41. The summed E-state index contributed by atoms with van der Waals surface area (Å²) in [5.41, 5.74) is 4.69. The predicted octanol–water partition coefficient (Wildman–Crippen LogP) is 1.34. The number of carbonyl (C=O) groups is 1. The summed E-state index contributed by atoms with van der Waals surface area (Å²) in [6, 6.07) is 1.82. The van der Waals surface area contributed by atoms with Crippen molar-refractivity contribution in [2.24, 2.45) is 7.05 Å². The maximum absolute atomic E-state index is 12.5. The largest absolute Gasteiger partial charge is 0.317 e. The molecule has 0 unspecified atom stereocenters. The number of rotatable bonds is 2. The summed E-state index contributed by atoms with van der Waals surface area (Å²) in [6.45, 7) is 7.41. The van der Waals surface area contributed by atoms with Gasteiger partial charge in [-0.25, -0.2) is 4.52 Å². The number of aromatic nitrogens is 6. The summed E-state index contributed by atoms with van der Waals surface area (Å²) in [6.07, 6.45) is 0. The molecule has 1 amide bonds. The van der Waals surface area contributed by atoms with E-state index in [1.54, 1.807) is 16.1 Å². The fourth-order valence-corrected chi connectivity index (χ4v) is 2.41. The number of carbonyl (C=O) groups excluding carboxylic acids is 1. The standard InChI is InChI=1S/C14H17N7O/c1-7-6-11-16-17-13(10(4)21(11)18-7)14(22)15-12-8(2)19-20(5)9(12)3/h6H,1-5H3,(H,15,22). The van der Waals surface area contributed by atoms with Crippen molar-refractivity contribution >= 4 is 17.2 Å². The highest BCUT2D eigenvalue weighted by molar-refractivity contribution is 6.04. The molecule has 0 aliphatic rings. The van der Waals surface area contributed by atoms with Crippen LogP contribution in [0.15, 0.2) is 6.07 Å². The molecule has 3 aromatic heterocycles. The zero-order valence-electron chi connectivity index (χ0n) is 13.2. The third kappa shape index (κ3) is 2.12. The molecule has 0 bridgehead atoms. The van der Waals surface area contributed by atoms with Crippen LogP contribution in [0.5, 0.6) is 0 Å². The average molecular weight is 299 g/mol. The molecule has 114 valence electrons. The molecule has 0 spiro atoms. The van der Waals surface area contributed by atoms with Gasteiger partial charge in [0.1, 0.15) is 0 Å². The van der Waals surface area contributed by atoms with Crippen LogP contribution >= 0.6 is 0 Å². The van der Waals surface area contributed by atoms with E-state index in [1.165, 1.54) is 0 Å². The van der Waals surface area contributed by atoms with Gasteiger partial charge in [-0.05, 0) is 27.7 Å². The minimum absolute atomic E-state index is 0.248. The van der Waals surface area contributed by atoms with Crippen LogP contribution < -0.4 is 5.32 Å². The van der Waals surface area contributed by atoms with Crippen molar-refractivity contribution < 1.29 is 4.79 Å². The van der Waals surface area contributed by atoms with E-state index in [9.17, 15) is 4.79 Å². The molecule has 0 saturated heterocycles. The molecule has 0 aliphatic heterocycles. The van der Waals surface area contributed by atoms with E-state index >= 15 is 0 Å². The molecule has 0 aliphatic carbocycles. The lowest BCUT2D eigenvalue weighted by atomic mass is 10.2. The lowest BCUT2D eigenvalue weighted by Gasteiger charge is -2.07. The third-order valence-corrected chi connectivity index (χ3v) is 3.69. The Bertz CT molecular complexity index is 890. The van der Waals surface area contributed by atoms with Crippen molar-refractivity contribution in [3.8, 4) is 0 Å². The van der Waals surface area contributed by atoms with Gasteiger partial charge in [-0.2, -0.15) is 10.2 Å². The van der Waals surface area contributed by atoms with E-state index in [2.05, 4.69) is 25.7 Å². The highest BCUT2D eigenvalue weighted by Gasteiger charge is 2.19.